The molecule has 0 unspecified atom stereocenters. The van der Waals surface area contributed by atoms with Gasteiger partial charge in [-0.25, -0.2) is 0 Å². The van der Waals surface area contributed by atoms with Crippen molar-refractivity contribution in [2.45, 2.75) is 6.18 Å². The molecule has 2 heterocycles. The van der Waals surface area contributed by atoms with Crippen molar-refractivity contribution in [3.05, 3.63) is 71.4 Å². The van der Waals surface area contributed by atoms with E-state index in [1.807, 2.05) is 11.0 Å². The van der Waals surface area contributed by atoms with Crippen LogP contribution < -0.4 is 10.2 Å². The van der Waals surface area contributed by atoms with Gasteiger partial charge in [0.25, 0.3) is 5.91 Å². The van der Waals surface area contributed by atoms with Crippen LogP contribution in [0, 0.1) is 0 Å². The summed E-state index contributed by atoms with van der Waals surface area (Å²) in [6, 6.07) is 17.3. The summed E-state index contributed by atoms with van der Waals surface area (Å²) in [6.07, 6.45) is -4.86. The van der Waals surface area contributed by atoms with Gasteiger partial charge in [0.1, 0.15) is 5.76 Å². The van der Waals surface area contributed by atoms with Gasteiger partial charge in [0.05, 0.1) is 0 Å². The summed E-state index contributed by atoms with van der Waals surface area (Å²) >= 11 is 5.99. The molecule has 0 spiro atoms. The molecule has 1 aromatic heterocycles. The van der Waals surface area contributed by atoms with Gasteiger partial charge in [0.2, 0.25) is 0 Å². The molecule has 2 amide bonds. The molecule has 2 aromatic carbocycles. The van der Waals surface area contributed by atoms with Crippen molar-refractivity contribution in [1.29, 1.82) is 0 Å². The summed E-state index contributed by atoms with van der Waals surface area (Å²) < 4.78 is 43.4. The molecule has 0 atom stereocenters. The Morgan fingerprint density at radius 3 is 2.27 bits per heavy atom. The zero-order chi connectivity index (χ0) is 23.6. The number of alkyl halides is 3. The quantitative estimate of drug-likeness (QED) is 0.570. The Balaban J connectivity index is 1.35. The summed E-state index contributed by atoms with van der Waals surface area (Å²) in [5.41, 5.74) is 2.08. The molecular formula is C23H19ClF3N3O3. The lowest BCUT2D eigenvalue weighted by Gasteiger charge is -2.36. The van der Waals surface area contributed by atoms with Crippen LogP contribution in [0.4, 0.5) is 24.5 Å². The Morgan fingerprint density at radius 1 is 0.939 bits per heavy atom. The largest absolute Gasteiger partial charge is 0.471 e. The lowest BCUT2D eigenvalue weighted by atomic mass is 10.2. The van der Waals surface area contributed by atoms with E-state index >= 15 is 0 Å². The van der Waals surface area contributed by atoms with Gasteiger partial charge in [-0.2, -0.15) is 13.2 Å². The van der Waals surface area contributed by atoms with Gasteiger partial charge in [0.15, 0.2) is 5.76 Å². The second kappa shape index (κ2) is 9.19. The van der Waals surface area contributed by atoms with Gasteiger partial charge in [-0.1, -0.05) is 23.7 Å². The number of piperazine rings is 1. The van der Waals surface area contributed by atoms with Crippen molar-refractivity contribution in [1.82, 2.24) is 4.90 Å². The predicted octanol–water partition coefficient (Wildman–Crippen LogP) is 5.06. The van der Waals surface area contributed by atoms with E-state index in [1.165, 1.54) is 0 Å². The number of anilines is 2. The maximum atomic E-state index is 12.6. The van der Waals surface area contributed by atoms with Crippen LogP contribution in [0.1, 0.15) is 10.6 Å². The predicted molar refractivity (Wildman–Crippen MR) is 118 cm³/mol. The van der Waals surface area contributed by atoms with Crippen LogP contribution in [0.3, 0.4) is 0 Å². The zero-order valence-corrected chi connectivity index (χ0v) is 18.0. The molecule has 4 rings (SSSR count). The minimum absolute atomic E-state index is 0.00964. The Kier molecular flexibility index (Phi) is 6.33. The minimum Gasteiger partial charge on any atom is -0.451 e. The average molecular weight is 478 g/mol. The third-order valence-corrected chi connectivity index (χ3v) is 5.47. The molecule has 6 nitrogen and oxygen atoms in total. The minimum atomic E-state index is -4.86. The number of furan rings is 1. The van der Waals surface area contributed by atoms with Crippen LogP contribution in [0.15, 0.2) is 65.1 Å². The molecule has 1 fully saturated rings. The van der Waals surface area contributed by atoms with Crippen LogP contribution in [0.25, 0.3) is 11.3 Å². The number of halogens is 4. The van der Waals surface area contributed by atoms with E-state index in [-0.39, 0.29) is 31.9 Å². The standard InChI is InChI=1S/C23H19ClF3N3O3/c24-16-3-1-2-15(14-16)19-8-9-20(33-19)21(31)28-17-4-6-18(7-5-17)29-10-12-30(13-11-29)22(32)23(25,26)27/h1-9,14H,10-13H2,(H,28,31). The Morgan fingerprint density at radius 2 is 1.64 bits per heavy atom. The Hall–Kier alpha value is -3.46. The second-order valence-electron chi connectivity index (χ2n) is 7.45. The first-order valence-electron chi connectivity index (χ1n) is 10.1. The first-order valence-corrected chi connectivity index (χ1v) is 10.5. The summed E-state index contributed by atoms with van der Waals surface area (Å²) in [6.45, 7) is 0.549. The fourth-order valence-corrected chi connectivity index (χ4v) is 3.74. The van der Waals surface area contributed by atoms with Crippen LogP contribution >= 0.6 is 11.6 Å². The van der Waals surface area contributed by atoms with E-state index in [1.54, 1.807) is 54.6 Å². The van der Waals surface area contributed by atoms with Crippen molar-refractivity contribution in [2.75, 3.05) is 36.4 Å². The molecule has 33 heavy (non-hydrogen) atoms. The van der Waals surface area contributed by atoms with Crippen molar-refractivity contribution in [3.63, 3.8) is 0 Å². The summed E-state index contributed by atoms with van der Waals surface area (Å²) in [5.74, 6) is -1.58. The first-order chi connectivity index (χ1) is 15.7. The van der Waals surface area contributed by atoms with Crippen LogP contribution in [-0.2, 0) is 4.79 Å². The lowest BCUT2D eigenvalue weighted by Crippen LogP contribution is -2.52. The third kappa shape index (κ3) is 5.31. The van der Waals surface area contributed by atoms with E-state index in [9.17, 15) is 22.8 Å². The Bertz CT molecular complexity index is 1150. The molecule has 1 N–H and O–H groups in total. The normalized spacial score (nSPS) is 14.3. The molecular weight excluding hydrogens is 459 g/mol. The molecule has 0 radical (unpaired) electrons. The number of nitrogens with zero attached hydrogens (tertiary/aromatic N) is 2. The highest BCUT2D eigenvalue weighted by Crippen LogP contribution is 2.26. The maximum absolute atomic E-state index is 12.6. The fourth-order valence-electron chi connectivity index (χ4n) is 3.55. The van der Waals surface area contributed by atoms with Crippen LogP contribution in [-0.4, -0.2) is 49.1 Å². The zero-order valence-electron chi connectivity index (χ0n) is 17.2. The SMILES string of the molecule is O=C(Nc1ccc(N2CCN(C(=O)C(F)(F)F)CC2)cc1)c1ccc(-c2cccc(Cl)c2)o1. The van der Waals surface area contributed by atoms with Gasteiger partial charge in [0, 0.05) is 48.1 Å². The van der Waals surface area contributed by atoms with E-state index in [0.29, 0.717) is 16.5 Å². The van der Waals surface area contributed by atoms with E-state index in [4.69, 9.17) is 16.0 Å². The number of hydrogen-bond donors (Lipinski definition) is 1. The number of nitrogens with one attached hydrogen (secondary N) is 1. The van der Waals surface area contributed by atoms with Gasteiger partial charge in [-0.05, 0) is 48.5 Å². The fraction of sp³-hybridized carbons (Fsp3) is 0.217. The highest BCUT2D eigenvalue weighted by Gasteiger charge is 2.43. The molecule has 10 heteroatoms. The summed E-state index contributed by atoms with van der Waals surface area (Å²) in [5, 5.41) is 3.31. The monoisotopic (exact) mass is 477 g/mol. The topological polar surface area (TPSA) is 65.8 Å². The second-order valence-corrected chi connectivity index (χ2v) is 7.89. The molecule has 1 saturated heterocycles. The smallest absolute Gasteiger partial charge is 0.451 e. The first kappa shape index (κ1) is 22.7. The van der Waals surface area contributed by atoms with Gasteiger partial charge in [-0.3, -0.25) is 9.59 Å². The molecule has 1 aliphatic rings. The highest BCUT2D eigenvalue weighted by atomic mass is 35.5. The number of benzene rings is 2. The van der Waals surface area contributed by atoms with E-state index in [0.717, 1.165) is 16.2 Å². The van der Waals surface area contributed by atoms with E-state index in [2.05, 4.69) is 5.32 Å². The summed E-state index contributed by atoms with van der Waals surface area (Å²) in [7, 11) is 0. The lowest BCUT2D eigenvalue weighted by molar-refractivity contribution is -0.185. The van der Waals surface area contributed by atoms with Crippen molar-refractivity contribution >= 4 is 34.8 Å². The Labute approximate surface area is 192 Å². The summed E-state index contributed by atoms with van der Waals surface area (Å²) in [4.78, 5) is 26.6. The maximum Gasteiger partial charge on any atom is 0.471 e. The van der Waals surface area contributed by atoms with Crippen LogP contribution in [0.5, 0.6) is 0 Å². The van der Waals surface area contributed by atoms with Gasteiger partial charge >= 0.3 is 12.1 Å². The van der Waals surface area contributed by atoms with Gasteiger partial charge in [-0.15, -0.1) is 0 Å². The number of carbonyl (C=O) groups is 2. The average Bonchev–Trinajstić information content (AvgIpc) is 3.29. The van der Waals surface area contributed by atoms with Crippen molar-refractivity contribution in [2.24, 2.45) is 0 Å². The van der Waals surface area contributed by atoms with Crippen molar-refractivity contribution < 1.29 is 27.2 Å². The number of amides is 2. The molecule has 1 aliphatic heterocycles. The van der Waals surface area contributed by atoms with E-state index < -0.39 is 18.0 Å². The van der Waals surface area contributed by atoms with Crippen molar-refractivity contribution in [3.8, 4) is 11.3 Å². The molecule has 0 bridgehead atoms. The third-order valence-electron chi connectivity index (χ3n) is 5.24. The molecule has 172 valence electrons. The highest BCUT2D eigenvalue weighted by molar-refractivity contribution is 6.30. The van der Waals surface area contributed by atoms with Crippen LogP contribution in [0.2, 0.25) is 5.02 Å². The number of hydrogen-bond acceptors (Lipinski definition) is 4. The molecule has 0 saturated carbocycles. The van der Waals surface area contributed by atoms with Gasteiger partial charge < -0.3 is 19.5 Å². The number of carbonyl (C=O) groups excluding carboxylic acids is 2. The molecule has 3 aromatic rings. The number of rotatable bonds is 4. The molecule has 0 aliphatic carbocycles.